The third-order valence-corrected chi connectivity index (χ3v) is 5.31. The zero-order chi connectivity index (χ0) is 19.9. The second-order valence-electron chi connectivity index (χ2n) is 7.04. The van der Waals surface area contributed by atoms with Crippen LogP contribution >= 0.6 is 0 Å². The Balaban J connectivity index is 1.78. The molecule has 2 heterocycles. The molecule has 7 heteroatoms. The maximum atomic E-state index is 13.9. The highest BCUT2D eigenvalue weighted by Crippen LogP contribution is 2.38. The summed E-state index contributed by atoms with van der Waals surface area (Å²) in [7, 11) is 1.55. The van der Waals surface area contributed by atoms with E-state index in [4.69, 9.17) is 10.5 Å². The van der Waals surface area contributed by atoms with Crippen molar-refractivity contribution in [2.75, 3.05) is 7.11 Å². The Labute approximate surface area is 160 Å². The van der Waals surface area contributed by atoms with E-state index >= 15 is 0 Å². The van der Waals surface area contributed by atoms with Crippen LogP contribution in [0.2, 0.25) is 0 Å². The Bertz CT molecular complexity index is 1110. The molecule has 0 bridgehead atoms. The Morgan fingerprint density at radius 1 is 1.32 bits per heavy atom. The maximum absolute atomic E-state index is 13.9. The van der Waals surface area contributed by atoms with E-state index in [1.165, 1.54) is 12.1 Å². The first-order chi connectivity index (χ1) is 13.4. The summed E-state index contributed by atoms with van der Waals surface area (Å²) in [6, 6.07) is 8.17. The van der Waals surface area contributed by atoms with Gasteiger partial charge < -0.3 is 20.6 Å². The number of nitrogens with zero attached hydrogens (tertiary/aromatic N) is 1. The summed E-state index contributed by atoms with van der Waals surface area (Å²) in [5.74, 6) is -0.760. The quantitative estimate of drug-likeness (QED) is 0.639. The first-order valence-corrected chi connectivity index (χ1v) is 8.94. The number of hydrogen-bond acceptors (Lipinski definition) is 4. The van der Waals surface area contributed by atoms with Gasteiger partial charge in [0.1, 0.15) is 22.8 Å². The fourth-order valence-electron chi connectivity index (χ4n) is 3.63. The topological polar surface area (TPSA) is 101 Å². The number of pyridine rings is 1. The lowest BCUT2D eigenvalue weighted by atomic mass is 9.82. The van der Waals surface area contributed by atoms with E-state index in [-0.39, 0.29) is 12.2 Å². The lowest BCUT2D eigenvalue weighted by Crippen LogP contribution is -2.48. The molecule has 0 saturated carbocycles. The fourth-order valence-corrected chi connectivity index (χ4v) is 3.63. The highest BCUT2D eigenvalue weighted by Gasteiger charge is 2.35. The number of carbonyl (C=O) groups is 1. The molecular formula is C21H20FN3O3. The predicted molar refractivity (Wildman–Crippen MR) is 104 cm³/mol. The second-order valence-corrected chi connectivity index (χ2v) is 7.04. The van der Waals surface area contributed by atoms with Crippen LogP contribution in [-0.2, 0) is 4.79 Å². The van der Waals surface area contributed by atoms with E-state index in [1.807, 2.05) is 18.2 Å². The Hall–Kier alpha value is -3.19. The molecule has 28 heavy (non-hydrogen) atoms. The van der Waals surface area contributed by atoms with Crippen LogP contribution in [0.4, 0.5) is 4.39 Å². The number of benzene rings is 1. The smallest absolute Gasteiger partial charge is 0.324 e. The molecule has 0 saturated heterocycles. The fraction of sp³-hybridized carbons (Fsp3) is 0.238. The van der Waals surface area contributed by atoms with Gasteiger partial charge in [0.25, 0.3) is 0 Å². The number of halogens is 1. The van der Waals surface area contributed by atoms with Crippen molar-refractivity contribution in [1.82, 2.24) is 9.97 Å². The lowest BCUT2D eigenvalue weighted by Gasteiger charge is -2.28. The van der Waals surface area contributed by atoms with E-state index in [0.29, 0.717) is 29.8 Å². The summed E-state index contributed by atoms with van der Waals surface area (Å²) in [5, 5.41) is 10.1. The minimum atomic E-state index is -1.21. The number of ether oxygens (including phenoxy) is 1. The van der Waals surface area contributed by atoms with Crippen LogP contribution < -0.4 is 10.5 Å². The van der Waals surface area contributed by atoms with Crippen LogP contribution in [0.1, 0.15) is 25.0 Å². The highest BCUT2D eigenvalue weighted by molar-refractivity contribution is 5.97. The van der Waals surface area contributed by atoms with Gasteiger partial charge in [-0.1, -0.05) is 6.08 Å². The number of aromatic amines is 1. The van der Waals surface area contributed by atoms with Crippen LogP contribution in [0.3, 0.4) is 0 Å². The lowest BCUT2D eigenvalue weighted by molar-refractivity contribution is -0.143. The molecule has 0 amide bonds. The van der Waals surface area contributed by atoms with Crippen molar-refractivity contribution in [3.63, 3.8) is 0 Å². The molecule has 0 fully saturated rings. The van der Waals surface area contributed by atoms with Gasteiger partial charge in [0.15, 0.2) is 0 Å². The predicted octanol–water partition coefficient (Wildman–Crippen LogP) is 3.73. The number of fused-ring (bicyclic) bond motifs is 1. The molecule has 0 radical (unpaired) electrons. The molecule has 1 unspecified atom stereocenters. The van der Waals surface area contributed by atoms with Crippen molar-refractivity contribution >= 4 is 22.6 Å². The summed E-state index contributed by atoms with van der Waals surface area (Å²) >= 11 is 0. The van der Waals surface area contributed by atoms with Crippen molar-refractivity contribution in [1.29, 1.82) is 0 Å². The number of rotatable bonds is 4. The molecular weight excluding hydrogens is 361 g/mol. The number of H-pyrrole nitrogens is 1. The van der Waals surface area contributed by atoms with Crippen molar-refractivity contribution in [3.8, 4) is 16.9 Å². The number of methoxy groups -OCH3 is 1. The van der Waals surface area contributed by atoms with Crippen molar-refractivity contribution < 1.29 is 19.0 Å². The molecule has 3 aromatic rings. The van der Waals surface area contributed by atoms with Gasteiger partial charge >= 0.3 is 5.97 Å². The molecule has 0 spiro atoms. The first kappa shape index (κ1) is 18.2. The summed E-state index contributed by atoms with van der Waals surface area (Å²) in [6.07, 6.45) is 4.71. The Morgan fingerprint density at radius 3 is 2.82 bits per heavy atom. The highest BCUT2D eigenvalue weighted by atomic mass is 19.1. The second kappa shape index (κ2) is 6.76. The molecule has 4 N–H and O–H groups in total. The molecule has 1 aliphatic carbocycles. The van der Waals surface area contributed by atoms with E-state index in [1.54, 1.807) is 19.4 Å². The van der Waals surface area contributed by atoms with Gasteiger partial charge in [-0.15, -0.1) is 0 Å². The third-order valence-electron chi connectivity index (χ3n) is 5.31. The van der Waals surface area contributed by atoms with Crippen molar-refractivity contribution in [2.24, 2.45) is 5.73 Å². The van der Waals surface area contributed by atoms with Gasteiger partial charge in [-0.25, -0.2) is 9.37 Å². The summed E-state index contributed by atoms with van der Waals surface area (Å²) < 4.78 is 19.2. The molecule has 4 rings (SSSR count). The molecule has 1 atom stereocenters. The summed E-state index contributed by atoms with van der Waals surface area (Å²) in [6.45, 7) is 0. The van der Waals surface area contributed by atoms with E-state index in [0.717, 1.165) is 22.2 Å². The molecule has 1 aliphatic rings. The standard InChI is InChI=1S/C21H20FN3O3/c1-28-18-3-2-13(22)10-15(18)14-6-9-24-19-16(14)11-17(25-19)12-4-7-21(23,8-5-12)20(26)27/h2-4,6,9-11H,5,7-8,23H2,1H3,(H,24,25)(H,26,27). The van der Waals surface area contributed by atoms with Crippen LogP contribution in [0.15, 0.2) is 42.6 Å². The first-order valence-electron chi connectivity index (χ1n) is 8.94. The SMILES string of the molecule is COc1ccc(F)cc1-c1ccnc2[nH]c(C3=CCC(N)(C(=O)O)CC3)cc12. The molecule has 2 aromatic heterocycles. The number of aromatic nitrogens is 2. The largest absolute Gasteiger partial charge is 0.496 e. The Morgan fingerprint density at radius 2 is 2.14 bits per heavy atom. The van der Waals surface area contributed by atoms with Crippen molar-refractivity contribution in [3.05, 3.63) is 54.1 Å². The van der Waals surface area contributed by atoms with Crippen LogP contribution in [0.25, 0.3) is 27.7 Å². The number of allylic oxidation sites excluding steroid dienone is 1. The molecule has 0 aliphatic heterocycles. The van der Waals surface area contributed by atoms with Gasteiger partial charge in [-0.3, -0.25) is 4.79 Å². The monoisotopic (exact) mass is 381 g/mol. The number of nitrogens with one attached hydrogen (secondary N) is 1. The van der Waals surface area contributed by atoms with Gasteiger partial charge in [-0.2, -0.15) is 0 Å². The number of carboxylic acids is 1. The number of aliphatic carboxylic acids is 1. The zero-order valence-corrected chi connectivity index (χ0v) is 15.3. The number of carboxylic acid groups (broad SMARTS) is 1. The minimum absolute atomic E-state index is 0.269. The average molecular weight is 381 g/mol. The van der Waals surface area contributed by atoms with Crippen LogP contribution in [0.5, 0.6) is 5.75 Å². The van der Waals surface area contributed by atoms with E-state index < -0.39 is 11.5 Å². The third kappa shape index (κ3) is 3.03. The average Bonchev–Trinajstić information content (AvgIpc) is 3.12. The zero-order valence-electron chi connectivity index (χ0n) is 15.3. The number of nitrogens with two attached hydrogens (primary N) is 1. The van der Waals surface area contributed by atoms with Crippen molar-refractivity contribution in [2.45, 2.75) is 24.8 Å². The van der Waals surface area contributed by atoms with Crippen LogP contribution in [-0.4, -0.2) is 33.7 Å². The molecule has 144 valence electrons. The van der Waals surface area contributed by atoms with E-state index in [9.17, 15) is 14.3 Å². The summed E-state index contributed by atoms with van der Waals surface area (Å²) in [4.78, 5) is 19.0. The van der Waals surface area contributed by atoms with Crippen LogP contribution in [0, 0.1) is 5.82 Å². The summed E-state index contributed by atoms with van der Waals surface area (Å²) in [5.41, 5.74) is 8.71. The molecule has 6 nitrogen and oxygen atoms in total. The van der Waals surface area contributed by atoms with E-state index in [2.05, 4.69) is 9.97 Å². The maximum Gasteiger partial charge on any atom is 0.324 e. The Kier molecular flexibility index (Phi) is 4.39. The normalized spacial score (nSPS) is 19.5. The van der Waals surface area contributed by atoms with Gasteiger partial charge in [0.05, 0.1) is 7.11 Å². The van der Waals surface area contributed by atoms with Gasteiger partial charge in [0, 0.05) is 22.8 Å². The number of hydrogen-bond donors (Lipinski definition) is 3. The minimum Gasteiger partial charge on any atom is -0.496 e. The van der Waals surface area contributed by atoms with Gasteiger partial charge in [0.2, 0.25) is 0 Å². The molecule has 1 aromatic carbocycles. The van der Waals surface area contributed by atoms with Gasteiger partial charge in [-0.05, 0) is 60.7 Å².